The summed E-state index contributed by atoms with van der Waals surface area (Å²) < 4.78 is 2.46. The second-order valence-electron chi connectivity index (χ2n) is 8.13. The highest BCUT2D eigenvalue weighted by Gasteiger charge is 2.15. The molecule has 0 aliphatic heterocycles. The summed E-state index contributed by atoms with van der Waals surface area (Å²) >= 11 is 0. The highest BCUT2D eigenvalue weighted by molar-refractivity contribution is 5.92. The molecule has 0 fully saturated rings. The van der Waals surface area contributed by atoms with Gasteiger partial charge in [-0.15, -0.1) is 0 Å². The largest absolute Gasteiger partial charge is 0.331 e. The zero-order valence-electron chi connectivity index (χ0n) is 19.1. The third kappa shape index (κ3) is 5.92. The number of hydrogen-bond donors (Lipinski definition) is 2. The Labute approximate surface area is 201 Å². The summed E-state index contributed by atoms with van der Waals surface area (Å²) in [4.78, 5) is 51.1. The second-order valence-corrected chi connectivity index (χ2v) is 8.13. The van der Waals surface area contributed by atoms with E-state index >= 15 is 0 Å². The maximum atomic E-state index is 13.2. The highest BCUT2D eigenvalue weighted by atomic mass is 16.2. The molecule has 4 rings (SSSR count). The molecule has 0 saturated heterocycles. The van der Waals surface area contributed by atoms with Crippen molar-refractivity contribution in [1.29, 1.82) is 0 Å². The number of nitrogens with zero attached hydrogens (tertiary/aromatic N) is 2. The fourth-order valence-electron chi connectivity index (χ4n) is 3.89. The standard InChI is InChI=1S/C27H26N4O4/c32-24(28-20-11-3-1-4-12-20)17-9-10-18-30-26(34)22-15-7-8-16-23(22)31(27(30)35)19-25(33)29-21-13-5-2-6-14-21/h1-8,11-16H,9-10,17-19H2,(H,28,32)(H,29,33). The maximum absolute atomic E-state index is 13.2. The second kappa shape index (κ2) is 11.1. The lowest BCUT2D eigenvalue weighted by Crippen LogP contribution is -2.41. The minimum absolute atomic E-state index is 0.128. The van der Waals surface area contributed by atoms with Gasteiger partial charge >= 0.3 is 5.69 Å². The third-order valence-electron chi connectivity index (χ3n) is 5.58. The number of hydrogen-bond acceptors (Lipinski definition) is 4. The van der Waals surface area contributed by atoms with Crippen LogP contribution in [0.4, 0.5) is 11.4 Å². The van der Waals surface area contributed by atoms with Gasteiger partial charge in [-0.1, -0.05) is 48.5 Å². The van der Waals surface area contributed by atoms with Gasteiger partial charge in [0.25, 0.3) is 5.56 Å². The van der Waals surface area contributed by atoms with E-state index in [-0.39, 0.29) is 31.3 Å². The summed E-state index contributed by atoms with van der Waals surface area (Å²) in [5, 5.41) is 5.95. The van der Waals surface area contributed by atoms with Crippen LogP contribution in [0.15, 0.2) is 94.5 Å². The first-order valence-electron chi connectivity index (χ1n) is 11.4. The van der Waals surface area contributed by atoms with Crippen molar-refractivity contribution in [2.24, 2.45) is 0 Å². The van der Waals surface area contributed by atoms with Crippen molar-refractivity contribution >= 4 is 34.1 Å². The Morgan fingerprint density at radius 2 is 1.23 bits per heavy atom. The number of unbranched alkanes of at least 4 members (excludes halogenated alkanes) is 1. The number of benzene rings is 3. The lowest BCUT2D eigenvalue weighted by molar-refractivity contribution is -0.117. The molecule has 1 aromatic heterocycles. The van der Waals surface area contributed by atoms with Crippen molar-refractivity contribution in [3.8, 4) is 0 Å². The van der Waals surface area contributed by atoms with Crippen molar-refractivity contribution in [3.05, 3.63) is 106 Å². The fourth-order valence-corrected chi connectivity index (χ4v) is 3.89. The van der Waals surface area contributed by atoms with Crippen LogP contribution in [0.3, 0.4) is 0 Å². The Bertz CT molecular complexity index is 1440. The smallest absolute Gasteiger partial charge is 0.326 e. The lowest BCUT2D eigenvalue weighted by Gasteiger charge is -2.14. The first-order chi connectivity index (χ1) is 17.0. The number of carbonyl (C=O) groups is 2. The van der Waals surface area contributed by atoms with E-state index in [0.29, 0.717) is 29.4 Å². The molecule has 0 unspecified atom stereocenters. The third-order valence-corrected chi connectivity index (χ3v) is 5.58. The molecule has 2 amide bonds. The van der Waals surface area contributed by atoms with E-state index in [4.69, 9.17) is 0 Å². The molecule has 3 aromatic carbocycles. The SMILES string of the molecule is O=C(CCCCn1c(=O)c2ccccc2n(CC(=O)Nc2ccccc2)c1=O)Nc1ccccc1. The molecule has 0 saturated carbocycles. The van der Waals surface area contributed by atoms with Gasteiger partial charge in [0.1, 0.15) is 6.54 Å². The number of fused-ring (bicyclic) bond motifs is 1. The topological polar surface area (TPSA) is 102 Å². The Morgan fingerprint density at radius 1 is 0.657 bits per heavy atom. The number of amides is 2. The van der Waals surface area contributed by atoms with Crippen molar-refractivity contribution in [2.45, 2.75) is 32.4 Å². The van der Waals surface area contributed by atoms with Gasteiger partial charge in [0.05, 0.1) is 10.9 Å². The minimum Gasteiger partial charge on any atom is -0.326 e. The molecule has 178 valence electrons. The zero-order chi connectivity index (χ0) is 24.6. The number of para-hydroxylation sites is 3. The van der Waals surface area contributed by atoms with Crippen molar-refractivity contribution in [1.82, 2.24) is 9.13 Å². The normalized spacial score (nSPS) is 10.7. The van der Waals surface area contributed by atoms with Gasteiger partial charge in [-0.3, -0.25) is 23.5 Å². The Balaban J connectivity index is 1.48. The molecular formula is C27H26N4O4. The zero-order valence-corrected chi connectivity index (χ0v) is 19.1. The van der Waals surface area contributed by atoms with Crippen LogP contribution in [0, 0.1) is 0 Å². The predicted molar refractivity (Wildman–Crippen MR) is 136 cm³/mol. The number of carbonyl (C=O) groups excluding carboxylic acids is 2. The molecule has 0 atom stereocenters. The van der Waals surface area contributed by atoms with Crippen molar-refractivity contribution < 1.29 is 9.59 Å². The van der Waals surface area contributed by atoms with E-state index in [9.17, 15) is 19.2 Å². The van der Waals surface area contributed by atoms with E-state index < -0.39 is 11.2 Å². The van der Waals surface area contributed by atoms with E-state index in [1.54, 1.807) is 48.5 Å². The number of nitrogens with one attached hydrogen (secondary N) is 2. The van der Waals surface area contributed by atoms with Crippen LogP contribution in [0.25, 0.3) is 10.9 Å². The van der Waals surface area contributed by atoms with Gasteiger partial charge in [0.2, 0.25) is 11.8 Å². The van der Waals surface area contributed by atoms with Crippen LogP contribution in [-0.2, 0) is 22.7 Å². The number of aromatic nitrogens is 2. The van der Waals surface area contributed by atoms with Gasteiger partial charge in [-0.05, 0) is 49.2 Å². The van der Waals surface area contributed by atoms with E-state index in [1.807, 2.05) is 36.4 Å². The molecule has 0 bridgehead atoms. The molecule has 0 aliphatic rings. The minimum atomic E-state index is -0.550. The molecule has 0 spiro atoms. The van der Waals surface area contributed by atoms with Crippen LogP contribution < -0.4 is 21.9 Å². The molecular weight excluding hydrogens is 444 g/mol. The van der Waals surface area contributed by atoms with Gasteiger partial charge in [-0.2, -0.15) is 0 Å². The number of anilines is 2. The van der Waals surface area contributed by atoms with Crippen LogP contribution in [0.1, 0.15) is 19.3 Å². The van der Waals surface area contributed by atoms with Crippen molar-refractivity contribution in [2.75, 3.05) is 10.6 Å². The first kappa shape index (κ1) is 23.7. The summed E-state index contributed by atoms with van der Waals surface area (Å²) in [5.74, 6) is -0.497. The molecule has 4 aromatic rings. The quantitative estimate of drug-likeness (QED) is 0.365. The van der Waals surface area contributed by atoms with E-state index in [0.717, 1.165) is 10.3 Å². The Morgan fingerprint density at radius 3 is 1.89 bits per heavy atom. The summed E-state index contributed by atoms with van der Waals surface area (Å²) in [6, 6.07) is 24.9. The van der Waals surface area contributed by atoms with E-state index in [1.165, 1.54) is 4.57 Å². The summed E-state index contributed by atoms with van der Waals surface area (Å²) in [7, 11) is 0. The average molecular weight is 471 g/mol. The fraction of sp³-hybridized carbons (Fsp3) is 0.185. The van der Waals surface area contributed by atoms with Gasteiger partial charge in [0.15, 0.2) is 0 Å². The highest BCUT2D eigenvalue weighted by Crippen LogP contribution is 2.10. The summed E-state index contributed by atoms with van der Waals surface area (Å²) in [5.41, 5.74) is 0.797. The molecule has 1 heterocycles. The molecule has 8 heteroatoms. The van der Waals surface area contributed by atoms with Crippen LogP contribution >= 0.6 is 0 Å². The Hall–Kier alpha value is -4.46. The van der Waals surface area contributed by atoms with Crippen LogP contribution in [-0.4, -0.2) is 20.9 Å². The Kier molecular flexibility index (Phi) is 7.52. The van der Waals surface area contributed by atoms with Gasteiger partial charge in [0, 0.05) is 24.3 Å². The average Bonchev–Trinajstić information content (AvgIpc) is 2.87. The number of rotatable bonds is 9. The molecule has 35 heavy (non-hydrogen) atoms. The maximum Gasteiger partial charge on any atom is 0.331 e. The predicted octanol–water partition coefficient (Wildman–Crippen LogP) is 3.61. The summed E-state index contributed by atoms with van der Waals surface area (Å²) in [6.07, 6.45) is 1.24. The lowest BCUT2D eigenvalue weighted by atomic mass is 10.2. The van der Waals surface area contributed by atoms with Gasteiger partial charge < -0.3 is 10.6 Å². The van der Waals surface area contributed by atoms with E-state index in [2.05, 4.69) is 10.6 Å². The van der Waals surface area contributed by atoms with Crippen molar-refractivity contribution in [3.63, 3.8) is 0 Å². The summed E-state index contributed by atoms with van der Waals surface area (Å²) in [6.45, 7) is -0.0740. The molecule has 0 radical (unpaired) electrons. The first-order valence-corrected chi connectivity index (χ1v) is 11.4. The molecule has 8 nitrogen and oxygen atoms in total. The monoisotopic (exact) mass is 470 g/mol. The van der Waals surface area contributed by atoms with Crippen LogP contribution in [0.5, 0.6) is 0 Å². The van der Waals surface area contributed by atoms with Gasteiger partial charge in [-0.25, -0.2) is 4.79 Å². The van der Waals surface area contributed by atoms with Crippen LogP contribution in [0.2, 0.25) is 0 Å². The molecule has 0 aliphatic carbocycles. The molecule has 2 N–H and O–H groups in total.